The minimum absolute atomic E-state index is 0.171. The van der Waals surface area contributed by atoms with Gasteiger partial charge in [-0.2, -0.15) is 4.37 Å². The van der Waals surface area contributed by atoms with Crippen molar-refractivity contribution < 1.29 is 19.1 Å². The van der Waals surface area contributed by atoms with Crippen molar-refractivity contribution in [2.75, 3.05) is 31.6 Å². The summed E-state index contributed by atoms with van der Waals surface area (Å²) in [5.74, 6) is -0.361. The monoisotopic (exact) mass is 315 g/mol. The van der Waals surface area contributed by atoms with E-state index in [9.17, 15) is 9.59 Å². The Hall–Kier alpha value is -1.83. The molecule has 0 aliphatic rings. The predicted octanol–water partition coefficient (Wildman–Crippen LogP) is 2.59. The van der Waals surface area contributed by atoms with E-state index in [2.05, 4.69) is 9.69 Å². The topological polar surface area (TPSA) is 80.8 Å². The largest absolute Gasteiger partial charge is 0.477 e. The lowest BCUT2D eigenvalue weighted by Crippen LogP contribution is -2.34. The first kappa shape index (κ1) is 17.2. The van der Waals surface area contributed by atoms with Gasteiger partial charge < -0.3 is 14.4 Å². The van der Waals surface area contributed by atoms with Gasteiger partial charge in [0, 0.05) is 13.1 Å². The van der Waals surface area contributed by atoms with E-state index >= 15 is 0 Å². The van der Waals surface area contributed by atoms with Crippen molar-refractivity contribution in [1.82, 2.24) is 9.27 Å². The second kappa shape index (κ2) is 8.46. The molecule has 21 heavy (non-hydrogen) atoms. The van der Waals surface area contributed by atoms with E-state index in [-0.39, 0.29) is 24.1 Å². The third-order valence-corrected chi connectivity index (χ3v) is 3.44. The highest BCUT2D eigenvalue weighted by molar-refractivity contribution is 7.11. The molecule has 0 spiro atoms. The van der Waals surface area contributed by atoms with Crippen LogP contribution in [-0.2, 0) is 4.74 Å². The van der Waals surface area contributed by atoms with Crippen LogP contribution in [0.4, 0.5) is 9.80 Å². The van der Waals surface area contributed by atoms with Gasteiger partial charge in [0.25, 0.3) is 0 Å². The molecular weight excluding hydrogens is 294 g/mol. The second-order valence-electron chi connectivity index (χ2n) is 3.95. The molecule has 1 rings (SSSR count). The number of ether oxygens (including phenoxy) is 2. The van der Waals surface area contributed by atoms with Crippen LogP contribution in [0.25, 0.3) is 0 Å². The first-order chi connectivity index (χ1) is 10.1. The molecule has 0 aliphatic carbocycles. The number of anilines is 1. The molecule has 0 aromatic carbocycles. The quantitative estimate of drug-likeness (QED) is 0.782. The van der Waals surface area contributed by atoms with E-state index in [0.717, 1.165) is 11.5 Å². The molecule has 0 radical (unpaired) electrons. The number of urea groups is 1. The van der Waals surface area contributed by atoms with Crippen LogP contribution in [0, 0.1) is 0 Å². The van der Waals surface area contributed by atoms with Gasteiger partial charge in [0.15, 0.2) is 5.56 Å². The normalized spacial score (nSPS) is 10.1. The van der Waals surface area contributed by atoms with Crippen LogP contribution < -0.4 is 10.1 Å². The fraction of sp³-hybridized carbons (Fsp3) is 0.615. The lowest BCUT2D eigenvalue weighted by Gasteiger charge is -2.18. The Morgan fingerprint density at radius 1 is 1.19 bits per heavy atom. The summed E-state index contributed by atoms with van der Waals surface area (Å²) in [5.41, 5.74) is 0.171. The number of hydrogen-bond donors (Lipinski definition) is 1. The van der Waals surface area contributed by atoms with E-state index in [0.29, 0.717) is 24.7 Å². The van der Waals surface area contributed by atoms with Gasteiger partial charge in [-0.15, -0.1) is 0 Å². The number of nitrogens with zero attached hydrogens (tertiary/aromatic N) is 2. The van der Waals surface area contributed by atoms with Crippen molar-refractivity contribution in [2.24, 2.45) is 0 Å². The van der Waals surface area contributed by atoms with Gasteiger partial charge >= 0.3 is 12.0 Å². The third kappa shape index (κ3) is 4.32. The summed E-state index contributed by atoms with van der Waals surface area (Å²) in [5, 5.41) is 3.03. The van der Waals surface area contributed by atoms with E-state index in [4.69, 9.17) is 9.47 Å². The van der Waals surface area contributed by atoms with Gasteiger partial charge in [-0.3, -0.25) is 5.32 Å². The minimum atomic E-state index is -0.551. The first-order valence-corrected chi connectivity index (χ1v) is 7.71. The standard InChI is InChI=1S/C13H21N3O4S/c1-5-16(6-2)13(18)14-11-9(12(17)20-8-4)10(15-21-11)19-7-3/h5-8H2,1-4H3,(H,14,18). The summed E-state index contributed by atoms with van der Waals surface area (Å²) in [6.45, 7) is 9.04. The summed E-state index contributed by atoms with van der Waals surface area (Å²) in [7, 11) is 0. The number of rotatable bonds is 7. The summed E-state index contributed by atoms with van der Waals surface area (Å²) in [6.07, 6.45) is 0. The Balaban J connectivity index is 3.01. The number of aromatic nitrogens is 1. The highest BCUT2D eigenvalue weighted by Gasteiger charge is 2.25. The van der Waals surface area contributed by atoms with Gasteiger partial charge in [-0.05, 0) is 39.2 Å². The van der Waals surface area contributed by atoms with Gasteiger partial charge in [0.1, 0.15) is 5.00 Å². The van der Waals surface area contributed by atoms with Crippen LogP contribution in [0.5, 0.6) is 5.88 Å². The number of carbonyl (C=O) groups excluding carboxylic acids is 2. The Kier molecular flexibility index (Phi) is 6.93. The molecule has 0 saturated carbocycles. The Morgan fingerprint density at radius 2 is 1.86 bits per heavy atom. The highest BCUT2D eigenvalue weighted by atomic mass is 32.1. The van der Waals surface area contributed by atoms with Crippen LogP contribution in [0.3, 0.4) is 0 Å². The lowest BCUT2D eigenvalue weighted by atomic mass is 10.3. The molecule has 0 atom stereocenters. The van der Waals surface area contributed by atoms with Crippen molar-refractivity contribution in [3.05, 3.63) is 5.56 Å². The summed E-state index contributed by atoms with van der Waals surface area (Å²) in [4.78, 5) is 25.7. The Morgan fingerprint density at radius 3 is 2.38 bits per heavy atom. The smallest absolute Gasteiger partial charge is 0.346 e. The number of amides is 2. The molecule has 1 heterocycles. The zero-order chi connectivity index (χ0) is 15.8. The maximum Gasteiger partial charge on any atom is 0.346 e. The van der Waals surface area contributed by atoms with Crippen molar-refractivity contribution in [3.63, 3.8) is 0 Å². The maximum absolute atomic E-state index is 12.1. The van der Waals surface area contributed by atoms with Gasteiger partial charge in [0.05, 0.1) is 13.2 Å². The zero-order valence-corrected chi connectivity index (χ0v) is 13.6. The van der Waals surface area contributed by atoms with Crippen LogP contribution >= 0.6 is 11.5 Å². The maximum atomic E-state index is 12.1. The van der Waals surface area contributed by atoms with Crippen LogP contribution in [-0.4, -0.2) is 47.6 Å². The van der Waals surface area contributed by atoms with Crippen molar-refractivity contribution in [1.29, 1.82) is 0 Å². The van der Waals surface area contributed by atoms with Crippen LogP contribution in [0.2, 0.25) is 0 Å². The van der Waals surface area contributed by atoms with Crippen molar-refractivity contribution in [2.45, 2.75) is 27.7 Å². The summed E-state index contributed by atoms with van der Waals surface area (Å²) in [6, 6.07) is -0.280. The van der Waals surface area contributed by atoms with Gasteiger partial charge in [0.2, 0.25) is 5.88 Å². The zero-order valence-electron chi connectivity index (χ0n) is 12.8. The SMILES string of the molecule is CCOC(=O)c1c(OCC)nsc1NC(=O)N(CC)CC. The minimum Gasteiger partial charge on any atom is -0.477 e. The molecule has 1 aromatic rings. The fourth-order valence-corrected chi connectivity index (χ4v) is 2.38. The Bertz CT molecular complexity index is 486. The number of carbonyl (C=O) groups is 2. The van der Waals surface area contributed by atoms with Crippen molar-refractivity contribution in [3.8, 4) is 5.88 Å². The number of esters is 1. The average Bonchev–Trinajstić information content (AvgIpc) is 2.83. The predicted molar refractivity (Wildman–Crippen MR) is 81.2 cm³/mol. The molecule has 1 aromatic heterocycles. The number of hydrogen-bond acceptors (Lipinski definition) is 6. The molecule has 1 N–H and O–H groups in total. The fourth-order valence-electron chi connectivity index (χ4n) is 1.67. The van der Waals surface area contributed by atoms with Gasteiger partial charge in [-0.1, -0.05) is 0 Å². The molecule has 2 amide bonds. The summed E-state index contributed by atoms with van der Waals surface area (Å²) < 4.78 is 14.4. The summed E-state index contributed by atoms with van der Waals surface area (Å²) >= 11 is 1.00. The molecule has 0 unspecified atom stereocenters. The molecule has 7 nitrogen and oxygen atoms in total. The molecule has 0 saturated heterocycles. The second-order valence-corrected chi connectivity index (χ2v) is 4.72. The molecule has 118 valence electrons. The average molecular weight is 315 g/mol. The molecule has 0 aliphatic heterocycles. The van der Waals surface area contributed by atoms with Crippen LogP contribution in [0.1, 0.15) is 38.1 Å². The van der Waals surface area contributed by atoms with E-state index in [1.807, 2.05) is 13.8 Å². The van der Waals surface area contributed by atoms with E-state index < -0.39 is 5.97 Å². The van der Waals surface area contributed by atoms with Crippen LogP contribution in [0.15, 0.2) is 0 Å². The third-order valence-electron chi connectivity index (χ3n) is 2.69. The highest BCUT2D eigenvalue weighted by Crippen LogP contribution is 2.31. The molecule has 8 heteroatoms. The molecule has 0 fully saturated rings. The van der Waals surface area contributed by atoms with E-state index in [1.54, 1.807) is 18.7 Å². The lowest BCUT2D eigenvalue weighted by molar-refractivity contribution is 0.0523. The van der Waals surface area contributed by atoms with Gasteiger partial charge in [-0.25, -0.2) is 9.59 Å². The Labute approximate surface area is 128 Å². The number of nitrogens with one attached hydrogen (secondary N) is 1. The van der Waals surface area contributed by atoms with Crippen molar-refractivity contribution >= 4 is 28.5 Å². The molecule has 0 bridgehead atoms. The first-order valence-electron chi connectivity index (χ1n) is 6.94. The van der Waals surface area contributed by atoms with E-state index in [1.165, 1.54) is 0 Å². The molecular formula is C13H21N3O4S.